The second kappa shape index (κ2) is 6.65. The van der Waals surface area contributed by atoms with Crippen molar-refractivity contribution in [1.82, 2.24) is 30.0 Å². The first kappa shape index (κ1) is 15.3. The van der Waals surface area contributed by atoms with E-state index in [1.807, 2.05) is 13.8 Å². The molecule has 0 saturated carbocycles. The fraction of sp³-hybridized carbons (Fsp3) is 0.385. The number of carbonyl (C=O) groups excluding carboxylic acids is 1. The van der Waals surface area contributed by atoms with Crippen LogP contribution in [0.3, 0.4) is 0 Å². The number of ether oxygens (including phenoxy) is 1. The number of carbonyl (C=O) groups is 1. The highest BCUT2D eigenvalue weighted by atomic mass is 32.1. The highest BCUT2D eigenvalue weighted by Crippen LogP contribution is 2.13. The van der Waals surface area contributed by atoms with E-state index >= 15 is 0 Å². The largest absolute Gasteiger partial charge is 0.474 e. The van der Waals surface area contributed by atoms with E-state index < -0.39 is 0 Å². The van der Waals surface area contributed by atoms with Crippen LogP contribution >= 0.6 is 11.3 Å². The Hall–Kier alpha value is -2.62. The number of anilines is 1. The fourth-order valence-electron chi connectivity index (χ4n) is 1.91. The molecule has 0 radical (unpaired) electrons. The lowest BCUT2D eigenvalue weighted by molar-refractivity contribution is -0.116. The van der Waals surface area contributed by atoms with E-state index in [1.54, 1.807) is 22.2 Å². The lowest BCUT2D eigenvalue weighted by Crippen LogP contribution is -2.14. The van der Waals surface area contributed by atoms with Gasteiger partial charge in [0.05, 0.1) is 6.10 Å². The first-order chi connectivity index (χ1) is 11.1. The Morgan fingerprint density at radius 3 is 2.96 bits per heavy atom. The molecule has 23 heavy (non-hydrogen) atoms. The van der Waals surface area contributed by atoms with Gasteiger partial charge in [0.2, 0.25) is 16.9 Å². The molecule has 0 unspecified atom stereocenters. The SMILES string of the molecule is CC(C)Oc1ccc2nnc(CCC(=O)Nc3nncs3)n2n1. The van der Waals surface area contributed by atoms with Gasteiger partial charge in [0.25, 0.3) is 0 Å². The van der Waals surface area contributed by atoms with Crippen LogP contribution in [0.5, 0.6) is 5.88 Å². The number of aryl methyl sites for hydroxylation is 1. The topological polar surface area (TPSA) is 107 Å². The summed E-state index contributed by atoms with van der Waals surface area (Å²) in [6.45, 7) is 3.85. The molecule has 3 aromatic heterocycles. The number of nitrogens with one attached hydrogen (secondary N) is 1. The van der Waals surface area contributed by atoms with Crippen LogP contribution in [0.4, 0.5) is 5.13 Å². The Balaban J connectivity index is 1.68. The minimum Gasteiger partial charge on any atom is -0.474 e. The van der Waals surface area contributed by atoms with Gasteiger partial charge < -0.3 is 10.1 Å². The summed E-state index contributed by atoms with van der Waals surface area (Å²) in [6, 6.07) is 3.53. The van der Waals surface area contributed by atoms with E-state index in [2.05, 4.69) is 30.8 Å². The van der Waals surface area contributed by atoms with Gasteiger partial charge in [-0.25, -0.2) is 0 Å². The number of nitrogens with zero attached hydrogens (tertiary/aromatic N) is 6. The zero-order valence-electron chi connectivity index (χ0n) is 12.6. The molecule has 10 heteroatoms. The van der Waals surface area contributed by atoms with Gasteiger partial charge in [-0.3, -0.25) is 4.79 Å². The van der Waals surface area contributed by atoms with Crippen molar-refractivity contribution in [3.63, 3.8) is 0 Å². The van der Waals surface area contributed by atoms with E-state index in [-0.39, 0.29) is 18.4 Å². The predicted octanol–water partition coefficient (Wildman–Crippen LogP) is 1.33. The summed E-state index contributed by atoms with van der Waals surface area (Å²) in [5.74, 6) is 0.932. The molecule has 1 amide bonds. The number of hydrogen-bond donors (Lipinski definition) is 1. The van der Waals surface area contributed by atoms with Gasteiger partial charge in [-0.05, 0) is 19.9 Å². The van der Waals surface area contributed by atoms with Crippen LogP contribution in [-0.4, -0.2) is 42.0 Å². The van der Waals surface area contributed by atoms with Crippen molar-refractivity contribution < 1.29 is 9.53 Å². The average molecular weight is 333 g/mol. The molecule has 0 aromatic carbocycles. The van der Waals surface area contributed by atoms with Crippen molar-refractivity contribution in [3.05, 3.63) is 23.5 Å². The average Bonchev–Trinajstić information content (AvgIpc) is 3.14. The van der Waals surface area contributed by atoms with Crippen molar-refractivity contribution in [1.29, 1.82) is 0 Å². The molecular weight excluding hydrogens is 318 g/mol. The van der Waals surface area contributed by atoms with E-state index in [9.17, 15) is 4.79 Å². The molecule has 0 spiro atoms. The van der Waals surface area contributed by atoms with Gasteiger partial charge in [0.15, 0.2) is 11.5 Å². The Labute approximate surface area is 135 Å². The van der Waals surface area contributed by atoms with Crippen LogP contribution in [-0.2, 0) is 11.2 Å². The number of amides is 1. The third-order valence-electron chi connectivity index (χ3n) is 2.84. The third-order valence-corrected chi connectivity index (χ3v) is 3.45. The number of hydrogen-bond acceptors (Lipinski definition) is 8. The molecule has 0 fully saturated rings. The summed E-state index contributed by atoms with van der Waals surface area (Å²) < 4.78 is 7.15. The monoisotopic (exact) mass is 333 g/mol. The predicted molar refractivity (Wildman–Crippen MR) is 83.4 cm³/mol. The van der Waals surface area contributed by atoms with Crippen molar-refractivity contribution in [2.45, 2.75) is 32.8 Å². The molecule has 9 nitrogen and oxygen atoms in total. The van der Waals surface area contributed by atoms with Crippen LogP contribution in [0.25, 0.3) is 5.65 Å². The standard InChI is InChI=1S/C13H15N7O2S/c1-8(2)22-12-6-4-10-17-16-9(20(10)19-12)3-5-11(21)15-13-18-14-7-23-13/h4,6-8H,3,5H2,1-2H3,(H,15,18,21). The van der Waals surface area contributed by atoms with Crippen LogP contribution in [0.15, 0.2) is 17.6 Å². The van der Waals surface area contributed by atoms with Crippen molar-refractivity contribution in [2.24, 2.45) is 0 Å². The first-order valence-electron chi connectivity index (χ1n) is 7.06. The molecule has 0 aliphatic heterocycles. The molecule has 0 saturated heterocycles. The van der Waals surface area contributed by atoms with Crippen LogP contribution in [0.2, 0.25) is 0 Å². The van der Waals surface area contributed by atoms with Gasteiger partial charge in [-0.2, -0.15) is 4.52 Å². The molecule has 120 valence electrons. The summed E-state index contributed by atoms with van der Waals surface area (Å²) in [7, 11) is 0. The maximum absolute atomic E-state index is 11.9. The van der Waals surface area contributed by atoms with Gasteiger partial charge in [-0.15, -0.1) is 25.5 Å². The highest BCUT2D eigenvalue weighted by Gasteiger charge is 2.12. The normalized spacial score (nSPS) is 11.1. The summed E-state index contributed by atoms with van der Waals surface area (Å²) in [6.07, 6.45) is 0.680. The van der Waals surface area contributed by atoms with Gasteiger partial charge in [0, 0.05) is 18.9 Å². The third kappa shape index (κ3) is 3.77. The zero-order valence-corrected chi connectivity index (χ0v) is 13.4. The summed E-state index contributed by atoms with van der Waals surface area (Å²) in [4.78, 5) is 11.9. The number of rotatable bonds is 6. The Morgan fingerprint density at radius 2 is 2.22 bits per heavy atom. The van der Waals surface area contributed by atoms with Crippen LogP contribution in [0.1, 0.15) is 26.1 Å². The first-order valence-corrected chi connectivity index (χ1v) is 7.94. The molecule has 1 N–H and O–H groups in total. The second-order valence-corrected chi connectivity index (χ2v) is 5.85. The molecule has 0 aliphatic rings. The highest BCUT2D eigenvalue weighted by molar-refractivity contribution is 7.13. The molecule has 0 aliphatic carbocycles. The van der Waals surface area contributed by atoms with Gasteiger partial charge in [-0.1, -0.05) is 11.3 Å². The smallest absolute Gasteiger partial charge is 0.232 e. The summed E-state index contributed by atoms with van der Waals surface area (Å²) in [5.41, 5.74) is 2.17. The zero-order chi connectivity index (χ0) is 16.2. The van der Waals surface area contributed by atoms with Crippen LogP contribution < -0.4 is 10.1 Å². The van der Waals surface area contributed by atoms with E-state index in [0.717, 1.165) is 0 Å². The van der Waals surface area contributed by atoms with Gasteiger partial charge in [0.1, 0.15) is 5.51 Å². The van der Waals surface area contributed by atoms with Crippen molar-refractivity contribution in [2.75, 3.05) is 5.32 Å². The van der Waals surface area contributed by atoms with Gasteiger partial charge >= 0.3 is 0 Å². The van der Waals surface area contributed by atoms with E-state index in [1.165, 1.54) is 11.3 Å². The molecule has 0 bridgehead atoms. The Morgan fingerprint density at radius 1 is 1.35 bits per heavy atom. The summed E-state index contributed by atoms with van der Waals surface area (Å²) >= 11 is 1.27. The minimum absolute atomic E-state index is 0.0255. The van der Waals surface area contributed by atoms with E-state index in [4.69, 9.17) is 4.74 Å². The lowest BCUT2D eigenvalue weighted by Gasteiger charge is -2.08. The van der Waals surface area contributed by atoms with Crippen molar-refractivity contribution >= 4 is 28.0 Å². The molecule has 3 aromatic rings. The fourth-order valence-corrected chi connectivity index (χ4v) is 2.37. The molecule has 3 heterocycles. The molecular formula is C13H15N7O2S. The number of aromatic nitrogens is 6. The summed E-state index contributed by atoms with van der Waals surface area (Å²) in [5, 5.41) is 23.0. The van der Waals surface area contributed by atoms with Crippen molar-refractivity contribution in [3.8, 4) is 5.88 Å². The maximum atomic E-state index is 11.9. The lowest BCUT2D eigenvalue weighted by atomic mass is 10.3. The quantitative estimate of drug-likeness (QED) is 0.725. The maximum Gasteiger partial charge on any atom is 0.232 e. The minimum atomic E-state index is -0.159. The van der Waals surface area contributed by atoms with E-state index in [0.29, 0.717) is 28.9 Å². The van der Waals surface area contributed by atoms with Crippen LogP contribution in [0, 0.1) is 0 Å². The second-order valence-electron chi connectivity index (χ2n) is 5.02. The Bertz CT molecular complexity index is 800. The number of fused-ring (bicyclic) bond motifs is 1. The molecule has 3 rings (SSSR count). The Kier molecular flexibility index (Phi) is 4.42. The molecule has 0 atom stereocenters.